The number of para-hydroxylation sites is 1. The van der Waals surface area contributed by atoms with Crippen LogP contribution in [0.15, 0.2) is 70.8 Å². The van der Waals surface area contributed by atoms with Crippen molar-refractivity contribution in [3.8, 4) is 0 Å². The molecule has 272 valence electrons. The lowest BCUT2D eigenvalue weighted by molar-refractivity contribution is -0.145. The van der Waals surface area contributed by atoms with Crippen molar-refractivity contribution < 1.29 is 14.4 Å². The van der Waals surface area contributed by atoms with Gasteiger partial charge < -0.3 is 32.0 Å². The van der Waals surface area contributed by atoms with Crippen LogP contribution in [0.25, 0.3) is 10.9 Å². The number of ketones is 1. The fraction of sp³-hybridized carbons (Fsp3) is 0.421. The predicted molar refractivity (Wildman–Crippen MR) is 205 cm³/mol. The molecule has 0 aliphatic carbocycles. The minimum atomic E-state index is -0.858. The molecule has 1 aliphatic heterocycles. The van der Waals surface area contributed by atoms with Crippen LogP contribution in [0.2, 0.25) is 10.0 Å². The van der Waals surface area contributed by atoms with E-state index in [1.165, 1.54) is 11.8 Å². The lowest BCUT2D eigenvalue weighted by Gasteiger charge is -2.33. The van der Waals surface area contributed by atoms with Crippen LogP contribution >= 0.6 is 35.0 Å². The van der Waals surface area contributed by atoms with Crippen molar-refractivity contribution in [1.29, 1.82) is 0 Å². The monoisotopic (exact) mass is 751 g/mol. The summed E-state index contributed by atoms with van der Waals surface area (Å²) in [5.41, 5.74) is 15.2. The van der Waals surface area contributed by atoms with Gasteiger partial charge in [-0.25, -0.2) is 4.98 Å². The van der Waals surface area contributed by atoms with Gasteiger partial charge in [-0.1, -0.05) is 65.7 Å². The molecule has 0 saturated carbocycles. The van der Waals surface area contributed by atoms with Crippen molar-refractivity contribution >= 4 is 63.5 Å². The summed E-state index contributed by atoms with van der Waals surface area (Å²) in [4.78, 5) is 53.5. The molecule has 2 aromatic carbocycles. The number of nitrogens with two attached hydrogens (primary N) is 2. The second kappa shape index (κ2) is 18.9. The van der Waals surface area contributed by atoms with Crippen LogP contribution < -0.4 is 22.1 Å². The SMILES string of the molecule is CCN1C(=O)[C@H](CCCCN)CC(=O)[C@H](CCCN)NCc2cccnc2Sc2c(Cl)cc(Cl)cc2CNC(=O)[C@@H]1Cc1c[nH]c2ccccc12. The number of nitrogens with zero attached hydrogens (tertiary/aromatic N) is 2. The molecule has 4 aromatic rings. The molecule has 0 radical (unpaired) electrons. The van der Waals surface area contributed by atoms with Gasteiger partial charge in [0.25, 0.3) is 0 Å². The molecule has 1 aliphatic rings. The van der Waals surface area contributed by atoms with Crippen LogP contribution in [0.1, 0.15) is 62.1 Å². The van der Waals surface area contributed by atoms with E-state index >= 15 is 0 Å². The number of rotatable bonds is 10. The Morgan fingerprint density at radius 1 is 0.961 bits per heavy atom. The van der Waals surface area contributed by atoms with E-state index in [1.54, 1.807) is 23.2 Å². The summed E-state index contributed by atoms with van der Waals surface area (Å²) in [6.07, 6.45) is 6.98. The number of fused-ring (bicyclic) bond motifs is 3. The molecule has 0 spiro atoms. The third kappa shape index (κ3) is 9.91. The molecule has 13 heteroatoms. The van der Waals surface area contributed by atoms with Gasteiger partial charge in [0.2, 0.25) is 11.8 Å². The molecule has 5 rings (SSSR count). The molecule has 51 heavy (non-hydrogen) atoms. The second-order valence-electron chi connectivity index (χ2n) is 12.9. The Hall–Kier alpha value is -3.45. The van der Waals surface area contributed by atoms with Gasteiger partial charge in [0.1, 0.15) is 11.1 Å². The van der Waals surface area contributed by atoms with Crippen molar-refractivity contribution in [1.82, 2.24) is 25.5 Å². The predicted octanol–water partition coefficient (Wildman–Crippen LogP) is 6.01. The Bertz CT molecular complexity index is 1820. The maximum Gasteiger partial charge on any atom is 0.243 e. The van der Waals surface area contributed by atoms with Gasteiger partial charge in [0.05, 0.1) is 11.1 Å². The molecular weight excluding hydrogens is 705 g/mol. The highest BCUT2D eigenvalue weighted by Crippen LogP contribution is 2.39. The molecule has 0 saturated heterocycles. The molecule has 3 heterocycles. The van der Waals surface area contributed by atoms with E-state index in [0.29, 0.717) is 65.3 Å². The van der Waals surface area contributed by atoms with E-state index in [1.807, 2.05) is 49.5 Å². The van der Waals surface area contributed by atoms with Gasteiger partial charge in [0, 0.05) is 71.6 Å². The first-order valence-electron chi connectivity index (χ1n) is 17.6. The van der Waals surface area contributed by atoms with Gasteiger partial charge in [0.15, 0.2) is 5.78 Å². The Morgan fingerprint density at radius 3 is 2.55 bits per heavy atom. The molecule has 0 unspecified atom stereocenters. The zero-order chi connectivity index (χ0) is 36.3. The van der Waals surface area contributed by atoms with E-state index in [4.69, 9.17) is 34.7 Å². The second-order valence-corrected chi connectivity index (χ2v) is 14.7. The van der Waals surface area contributed by atoms with E-state index in [2.05, 4.69) is 20.6 Å². The van der Waals surface area contributed by atoms with E-state index in [0.717, 1.165) is 34.0 Å². The van der Waals surface area contributed by atoms with Crippen molar-refractivity contribution in [3.63, 3.8) is 0 Å². The van der Waals surface area contributed by atoms with Gasteiger partial charge in [-0.2, -0.15) is 0 Å². The van der Waals surface area contributed by atoms with Gasteiger partial charge in [-0.3, -0.25) is 14.4 Å². The smallest absolute Gasteiger partial charge is 0.243 e. The molecule has 0 fully saturated rings. The summed E-state index contributed by atoms with van der Waals surface area (Å²) in [6.45, 7) is 3.56. The normalized spacial score (nSPS) is 19.4. The number of amides is 2. The van der Waals surface area contributed by atoms with Crippen LogP contribution in [0.3, 0.4) is 0 Å². The van der Waals surface area contributed by atoms with E-state index < -0.39 is 18.0 Å². The molecule has 0 bridgehead atoms. The minimum absolute atomic E-state index is 0.0394. The summed E-state index contributed by atoms with van der Waals surface area (Å²) in [6, 6.07) is 13.8. The maximum absolute atomic E-state index is 14.7. The number of aromatic amines is 1. The number of likely N-dealkylation sites (N-methyl/N-ethyl adjacent to an activating group) is 1. The first-order chi connectivity index (χ1) is 24.7. The first-order valence-corrected chi connectivity index (χ1v) is 19.2. The Morgan fingerprint density at radius 2 is 1.76 bits per heavy atom. The van der Waals surface area contributed by atoms with Gasteiger partial charge in [-0.05, 0) is 86.7 Å². The standard InChI is InChI=1S/C38H47Cl2N7O3S/c1-2-47-33(18-26-22-44-31-12-4-3-11-29(26)31)36(49)46-23-27-17-28(39)20-30(40)35(27)51-37-25(10-8-16-43-37)21-45-32(13-7-15-42)34(48)19-24(38(47)50)9-5-6-14-41/h3-4,8,10-12,16-17,20,22,24,32-33,44-45H,2,5-7,9,13-15,18-19,21,23,41-42H2,1H3,(H,46,49)/t24-,32+,33+/m1/s1. The molecule has 7 N–H and O–H groups in total. The van der Waals surface area contributed by atoms with Crippen molar-refractivity contribution in [2.75, 3.05) is 19.6 Å². The zero-order valence-corrected chi connectivity index (χ0v) is 31.3. The number of hydrogen-bond donors (Lipinski definition) is 5. The number of pyridine rings is 1. The molecular formula is C38H47Cl2N7O3S. The summed E-state index contributed by atoms with van der Waals surface area (Å²) < 4.78 is 0. The Labute approximate surface area is 313 Å². The fourth-order valence-electron chi connectivity index (χ4n) is 6.69. The van der Waals surface area contributed by atoms with Crippen LogP contribution in [0.4, 0.5) is 0 Å². The summed E-state index contributed by atoms with van der Waals surface area (Å²) >= 11 is 14.7. The van der Waals surface area contributed by atoms with Crippen molar-refractivity contribution in [3.05, 3.63) is 87.7 Å². The van der Waals surface area contributed by atoms with Crippen LogP contribution in [-0.2, 0) is 33.9 Å². The summed E-state index contributed by atoms with van der Waals surface area (Å²) in [5, 5.41) is 9.13. The van der Waals surface area contributed by atoms with Crippen LogP contribution in [0.5, 0.6) is 0 Å². The maximum atomic E-state index is 14.7. The average Bonchev–Trinajstić information content (AvgIpc) is 3.54. The average molecular weight is 753 g/mol. The number of aromatic nitrogens is 2. The molecule has 10 nitrogen and oxygen atoms in total. The van der Waals surface area contributed by atoms with E-state index in [-0.39, 0.29) is 43.5 Å². The van der Waals surface area contributed by atoms with Crippen LogP contribution in [0, 0.1) is 5.92 Å². The van der Waals surface area contributed by atoms with E-state index in [9.17, 15) is 14.4 Å². The van der Waals surface area contributed by atoms with Crippen molar-refractivity contribution in [2.45, 2.75) is 87.0 Å². The summed E-state index contributed by atoms with van der Waals surface area (Å²) in [5.74, 6) is -1.22. The number of carbonyl (C=O) groups excluding carboxylic acids is 3. The quantitative estimate of drug-likeness (QED) is 0.123. The highest BCUT2D eigenvalue weighted by Gasteiger charge is 2.35. The molecule has 2 aromatic heterocycles. The highest BCUT2D eigenvalue weighted by molar-refractivity contribution is 7.99. The zero-order valence-electron chi connectivity index (χ0n) is 28.9. The third-order valence-electron chi connectivity index (χ3n) is 9.41. The number of nitrogens with one attached hydrogen (secondary N) is 3. The van der Waals surface area contributed by atoms with Gasteiger partial charge in [-0.15, -0.1) is 0 Å². The molecule has 2 amide bonds. The number of H-pyrrole nitrogens is 1. The van der Waals surface area contributed by atoms with Crippen molar-refractivity contribution in [2.24, 2.45) is 17.4 Å². The third-order valence-corrected chi connectivity index (χ3v) is 11.3. The summed E-state index contributed by atoms with van der Waals surface area (Å²) in [7, 11) is 0. The first kappa shape index (κ1) is 38.8. The topological polar surface area (TPSA) is 159 Å². The largest absolute Gasteiger partial charge is 0.361 e. The number of unbranched alkanes of at least 4 members (excludes halogenated alkanes) is 1. The fourth-order valence-corrected chi connectivity index (χ4v) is 8.34. The minimum Gasteiger partial charge on any atom is -0.361 e. The number of Topliss-reactive ketones (excluding diaryl/α,β-unsaturated/α-hetero) is 1. The Kier molecular flexibility index (Phi) is 14.3. The Balaban J connectivity index is 1.60. The van der Waals surface area contributed by atoms with Gasteiger partial charge >= 0.3 is 0 Å². The highest BCUT2D eigenvalue weighted by atomic mass is 35.5. The number of hydrogen-bond acceptors (Lipinski definition) is 8. The van der Waals surface area contributed by atoms with Crippen LogP contribution in [-0.4, -0.2) is 64.2 Å². The number of benzene rings is 2. The lowest BCUT2D eigenvalue weighted by Crippen LogP contribution is -2.52. The number of halogens is 2. The lowest BCUT2D eigenvalue weighted by atomic mass is 9.90. The number of carbonyl (C=O) groups is 3. The molecule has 3 atom stereocenters.